The largest absolute Gasteiger partial charge is 1.00 e. The molecule has 1 aromatic carbocycles. The normalized spacial score (nSPS) is 10.1. The minimum absolute atomic E-state index is 0. The minimum Gasteiger partial charge on any atom is -0.471 e. The van der Waals surface area contributed by atoms with E-state index < -0.39 is 45.9 Å². The van der Waals surface area contributed by atoms with Crippen LogP contribution in [0, 0.1) is 28.9 Å². The second-order valence-corrected chi connectivity index (χ2v) is 5.53. The van der Waals surface area contributed by atoms with Gasteiger partial charge in [-0.1, -0.05) is 11.6 Å². The summed E-state index contributed by atoms with van der Waals surface area (Å²) in [4.78, 5) is 36.5. The smallest absolute Gasteiger partial charge is 0.471 e. The van der Waals surface area contributed by atoms with Gasteiger partial charge in [0.05, 0.1) is 13.2 Å². The van der Waals surface area contributed by atoms with E-state index in [2.05, 4.69) is 4.74 Å². The molecule has 1 aromatic heterocycles. The number of benzene rings is 1. The molecule has 2 aromatic rings. The predicted octanol–water partition coefficient (Wildman–Crippen LogP) is -0.510. The average molecular weight is 414 g/mol. The molecular weight excluding hydrogens is 397 g/mol. The molecule has 0 saturated heterocycles. The van der Waals surface area contributed by atoms with Gasteiger partial charge in [0.1, 0.15) is 5.56 Å². The van der Waals surface area contributed by atoms with Gasteiger partial charge in [-0.3, -0.25) is 18.4 Å². The van der Waals surface area contributed by atoms with Crippen LogP contribution in [0.1, 0.15) is 36.7 Å². The van der Waals surface area contributed by atoms with E-state index in [4.69, 9.17) is 4.74 Å². The van der Waals surface area contributed by atoms with Gasteiger partial charge in [0.2, 0.25) is 5.43 Å². The molecule has 0 atom stereocenters. The van der Waals surface area contributed by atoms with Crippen LogP contribution in [0.4, 0.5) is 8.78 Å². The molecule has 29 heavy (non-hydrogen) atoms. The number of hydrogen-bond acceptors (Lipinski definition) is 6. The first kappa shape index (κ1) is 24.6. The number of aryl methyl sites for hydroxylation is 1. The van der Waals surface area contributed by atoms with Gasteiger partial charge in [-0.05, 0) is 20.8 Å². The summed E-state index contributed by atoms with van der Waals surface area (Å²) < 4.78 is 40.5. The molecule has 7 nitrogen and oxygen atoms in total. The zero-order chi connectivity index (χ0) is 21.0. The van der Waals surface area contributed by atoms with E-state index in [1.165, 1.54) is 17.6 Å². The molecule has 0 radical (unpaired) electrons. The van der Waals surface area contributed by atoms with Gasteiger partial charge in [-0.2, -0.15) is 0 Å². The van der Waals surface area contributed by atoms with Crippen molar-refractivity contribution in [1.82, 2.24) is 4.57 Å². The van der Waals surface area contributed by atoms with Gasteiger partial charge in [0.25, 0.3) is 5.97 Å². The third-order valence-electron chi connectivity index (χ3n) is 3.93. The van der Waals surface area contributed by atoms with Crippen LogP contribution < -0.4 is 35.0 Å². The number of rotatable bonds is 6. The van der Waals surface area contributed by atoms with Crippen molar-refractivity contribution >= 4 is 22.8 Å². The molecule has 1 heterocycles. The van der Waals surface area contributed by atoms with E-state index >= 15 is 4.39 Å². The number of carbonyl (C=O) groups excluding carboxylic acids is 2. The van der Waals surface area contributed by atoms with E-state index in [0.717, 1.165) is 6.20 Å². The van der Waals surface area contributed by atoms with Crippen molar-refractivity contribution in [3.8, 4) is 6.07 Å². The van der Waals surface area contributed by atoms with Gasteiger partial charge in [-0.25, -0.2) is 10.1 Å². The summed E-state index contributed by atoms with van der Waals surface area (Å²) in [5, 5.41) is 8.79. The van der Waals surface area contributed by atoms with Gasteiger partial charge in [-0.15, -0.1) is 0 Å². The molecule has 0 amide bonds. The summed E-state index contributed by atoms with van der Waals surface area (Å²) >= 11 is 0. The Labute approximate surface area is 187 Å². The van der Waals surface area contributed by atoms with Crippen molar-refractivity contribution in [1.29, 1.82) is 5.26 Å². The number of pyridine rings is 1. The molecule has 0 spiro atoms. The third-order valence-corrected chi connectivity index (χ3v) is 3.93. The van der Waals surface area contributed by atoms with Crippen molar-refractivity contribution in [2.75, 3.05) is 13.2 Å². The van der Waals surface area contributed by atoms with E-state index in [9.17, 15) is 24.0 Å². The maximum Gasteiger partial charge on any atom is 1.00 e. The van der Waals surface area contributed by atoms with Crippen molar-refractivity contribution in [2.45, 2.75) is 27.3 Å². The number of carbonyl (C=O) groups is 2. The molecular formula is C19H17F2N2NaO5. The van der Waals surface area contributed by atoms with Gasteiger partial charge < -0.3 is 14.0 Å². The molecule has 0 aliphatic heterocycles. The molecule has 0 aliphatic rings. The second kappa shape index (κ2) is 10.4. The molecule has 0 bridgehead atoms. The number of esters is 2. The summed E-state index contributed by atoms with van der Waals surface area (Å²) in [5.74, 6) is -5.53. The Morgan fingerprint density at radius 2 is 1.83 bits per heavy atom. The Kier molecular flexibility index (Phi) is 8.82. The number of nitriles is 1. The molecule has 2 rings (SSSR count). The monoisotopic (exact) mass is 414 g/mol. The van der Waals surface area contributed by atoms with Crippen LogP contribution in [0.5, 0.6) is 0 Å². The summed E-state index contributed by atoms with van der Waals surface area (Å²) in [7, 11) is 0. The Morgan fingerprint density at radius 3 is 2.34 bits per heavy atom. The van der Waals surface area contributed by atoms with Crippen molar-refractivity contribution < 1.29 is 57.4 Å². The quantitative estimate of drug-likeness (QED) is 0.359. The molecule has 0 fully saturated rings. The van der Waals surface area contributed by atoms with Crippen LogP contribution in [0.2, 0.25) is 0 Å². The molecule has 148 valence electrons. The summed E-state index contributed by atoms with van der Waals surface area (Å²) in [5.41, 5.74) is -2.53. The number of hydrogen-bond donors (Lipinski definition) is 0. The van der Waals surface area contributed by atoms with Crippen LogP contribution >= 0.6 is 0 Å². The fourth-order valence-electron chi connectivity index (χ4n) is 2.73. The number of nitrogens with zero attached hydrogens (tertiary/aromatic N) is 2. The van der Waals surface area contributed by atoms with Crippen LogP contribution in [-0.4, -0.2) is 29.7 Å². The molecule has 0 aliphatic carbocycles. The number of aromatic nitrogens is 1. The van der Waals surface area contributed by atoms with E-state index in [1.807, 2.05) is 0 Å². The van der Waals surface area contributed by atoms with Gasteiger partial charge in [0, 0.05) is 47.3 Å². The molecule has 0 N–H and O–H groups in total. The van der Waals surface area contributed by atoms with Crippen molar-refractivity contribution in [3.63, 3.8) is 0 Å². The second-order valence-electron chi connectivity index (χ2n) is 5.53. The Bertz CT molecular complexity index is 1050. The van der Waals surface area contributed by atoms with E-state index in [0.29, 0.717) is 6.07 Å². The average Bonchev–Trinajstić information content (AvgIpc) is 2.66. The van der Waals surface area contributed by atoms with Gasteiger partial charge >= 0.3 is 35.5 Å². The van der Waals surface area contributed by atoms with Crippen LogP contribution in [0.25, 0.3) is 10.9 Å². The third kappa shape index (κ3) is 4.61. The van der Waals surface area contributed by atoms with Crippen LogP contribution in [0.3, 0.4) is 0 Å². The number of ether oxygens (including phenoxy) is 2. The maximum atomic E-state index is 15.2. The SMILES string of the molecule is CCOC(=O)c1cn(CC)c2c(F)c([C-](C#N)C(=O)OCC)c(F)cc2c1=O.[Na+]. The Hall–Kier alpha value is -2.41. The molecule has 0 unspecified atom stereocenters. The summed E-state index contributed by atoms with van der Waals surface area (Å²) in [6.07, 6.45) is 1.10. The Morgan fingerprint density at radius 1 is 1.21 bits per heavy atom. The van der Waals surface area contributed by atoms with Crippen LogP contribution in [0.15, 0.2) is 17.1 Å². The fraction of sp³-hybridized carbons (Fsp3) is 0.316. The number of fused-ring (bicyclic) bond motifs is 1. The zero-order valence-electron chi connectivity index (χ0n) is 16.5. The summed E-state index contributed by atoms with van der Waals surface area (Å²) in [6, 6.07) is 2.14. The molecule has 0 saturated carbocycles. The van der Waals surface area contributed by atoms with Crippen molar-refractivity contribution in [3.05, 3.63) is 51.2 Å². The van der Waals surface area contributed by atoms with Gasteiger partial charge in [0.15, 0.2) is 0 Å². The Balaban J connectivity index is 0.00000420. The van der Waals surface area contributed by atoms with E-state index in [1.54, 1.807) is 13.8 Å². The fourth-order valence-corrected chi connectivity index (χ4v) is 2.73. The topological polar surface area (TPSA) is 98.4 Å². The first-order valence-corrected chi connectivity index (χ1v) is 8.48. The van der Waals surface area contributed by atoms with Crippen molar-refractivity contribution in [2.24, 2.45) is 0 Å². The minimum atomic E-state index is -1.30. The molecule has 10 heteroatoms. The number of halogens is 2. The van der Waals surface area contributed by atoms with Crippen LogP contribution in [-0.2, 0) is 20.8 Å². The first-order chi connectivity index (χ1) is 13.3. The predicted molar refractivity (Wildman–Crippen MR) is 94.3 cm³/mol. The first-order valence-electron chi connectivity index (χ1n) is 8.48. The summed E-state index contributed by atoms with van der Waals surface area (Å²) in [6.45, 7) is 4.69. The van der Waals surface area contributed by atoms with E-state index in [-0.39, 0.29) is 60.4 Å². The maximum absolute atomic E-state index is 15.2. The zero-order valence-corrected chi connectivity index (χ0v) is 18.5. The standard InChI is InChI=1S/C19H17F2N2O5.Na/c1-4-23-9-12(19(26)28-6-3)17(24)10-7-13(20)14(15(21)16(10)23)11(8-22)18(25)27-5-2;/h7,9H,4-6H2,1-3H3;/q-1;+1.